The molecule has 0 saturated carbocycles. The Labute approximate surface area is 177 Å². The first-order valence-corrected chi connectivity index (χ1v) is 12.2. The lowest BCUT2D eigenvalue weighted by Crippen LogP contribution is -2.39. The van der Waals surface area contributed by atoms with Crippen LogP contribution in [0, 0.1) is 0 Å². The number of hydrogen-bond acceptors (Lipinski definition) is 5. The van der Waals surface area contributed by atoms with Crippen molar-refractivity contribution in [2.75, 3.05) is 16.4 Å². The molecule has 2 aliphatic heterocycles. The standard InChI is InChI=1S/C18H15Cl3N2O2S2/c19-12-5-13(20)7-14(6-12)23-17-10-27(24,25)9-16(17)22-18(23)26-8-11-3-1-2-4-15(11)21/h1-7,16-17H,8-10H2/t16-,17-/m1/s1. The van der Waals surface area contributed by atoms with Crippen molar-refractivity contribution in [1.82, 2.24) is 0 Å². The van der Waals surface area contributed by atoms with Crippen LogP contribution in [0.25, 0.3) is 0 Å². The first-order valence-electron chi connectivity index (χ1n) is 8.22. The first kappa shape index (κ1) is 19.4. The third-order valence-corrected chi connectivity index (χ3v) is 8.07. The summed E-state index contributed by atoms with van der Waals surface area (Å²) in [5.74, 6) is 0.773. The lowest BCUT2D eigenvalue weighted by atomic mass is 10.1. The molecule has 1 fully saturated rings. The monoisotopic (exact) mass is 460 g/mol. The maximum absolute atomic E-state index is 12.1. The molecule has 2 atom stereocenters. The molecule has 2 aromatic carbocycles. The summed E-state index contributed by atoms with van der Waals surface area (Å²) in [6.45, 7) is 0. The van der Waals surface area contributed by atoms with Gasteiger partial charge in [0.05, 0.1) is 23.6 Å². The second-order valence-corrected chi connectivity index (χ2v) is 10.9. The lowest BCUT2D eigenvalue weighted by Gasteiger charge is -2.27. The summed E-state index contributed by atoms with van der Waals surface area (Å²) in [6.07, 6.45) is 0. The van der Waals surface area contributed by atoms with Crippen LogP contribution >= 0.6 is 46.6 Å². The number of nitrogens with zero attached hydrogens (tertiary/aromatic N) is 2. The minimum Gasteiger partial charge on any atom is -0.315 e. The smallest absolute Gasteiger partial charge is 0.164 e. The maximum atomic E-state index is 12.1. The summed E-state index contributed by atoms with van der Waals surface area (Å²) in [4.78, 5) is 6.66. The largest absolute Gasteiger partial charge is 0.315 e. The van der Waals surface area contributed by atoms with E-state index in [2.05, 4.69) is 0 Å². The van der Waals surface area contributed by atoms with Crippen LogP contribution in [0.2, 0.25) is 15.1 Å². The molecular weight excluding hydrogens is 447 g/mol. The van der Waals surface area contributed by atoms with Crippen LogP contribution in [-0.4, -0.2) is 37.2 Å². The number of halogens is 3. The number of rotatable bonds is 3. The number of hydrogen-bond donors (Lipinski definition) is 0. The van der Waals surface area contributed by atoms with Crippen LogP contribution in [-0.2, 0) is 15.6 Å². The third-order valence-electron chi connectivity index (χ3n) is 4.55. The summed E-state index contributed by atoms with van der Waals surface area (Å²) in [6, 6.07) is 12.4. The zero-order valence-corrected chi connectivity index (χ0v) is 17.9. The fourth-order valence-corrected chi connectivity index (χ4v) is 7.14. The molecule has 0 unspecified atom stereocenters. The molecule has 0 N–H and O–H groups in total. The van der Waals surface area contributed by atoms with Gasteiger partial charge in [-0.25, -0.2) is 8.42 Å². The van der Waals surface area contributed by atoms with Crippen molar-refractivity contribution < 1.29 is 8.42 Å². The second-order valence-electron chi connectivity index (χ2n) is 6.50. The molecule has 4 nitrogen and oxygen atoms in total. The van der Waals surface area contributed by atoms with Gasteiger partial charge in [0.1, 0.15) is 0 Å². The second kappa shape index (κ2) is 7.48. The van der Waals surface area contributed by atoms with E-state index in [-0.39, 0.29) is 23.6 Å². The third kappa shape index (κ3) is 4.10. The van der Waals surface area contributed by atoms with Gasteiger partial charge in [-0.15, -0.1) is 0 Å². The highest BCUT2D eigenvalue weighted by Crippen LogP contribution is 2.38. The highest BCUT2D eigenvalue weighted by atomic mass is 35.5. The normalized spacial score (nSPS) is 23.4. The van der Waals surface area contributed by atoms with Crippen molar-refractivity contribution in [2.45, 2.75) is 17.8 Å². The zero-order valence-electron chi connectivity index (χ0n) is 14.0. The molecule has 2 heterocycles. The molecule has 0 aliphatic carbocycles. The quantitative estimate of drug-likeness (QED) is 0.651. The van der Waals surface area contributed by atoms with Gasteiger partial charge in [-0.05, 0) is 29.8 Å². The van der Waals surface area contributed by atoms with Crippen molar-refractivity contribution in [3.63, 3.8) is 0 Å². The van der Waals surface area contributed by atoms with E-state index in [0.29, 0.717) is 20.8 Å². The molecule has 142 valence electrons. The number of benzene rings is 2. The van der Waals surface area contributed by atoms with Crippen LogP contribution in [0.4, 0.5) is 5.69 Å². The predicted octanol–water partition coefficient (Wildman–Crippen LogP) is 4.92. The van der Waals surface area contributed by atoms with Gasteiger partial charge in [0.25, 0.3) is 0 Å². The van der Waals surface area contributed by atoms with Gasteiger partial charge in [0.15, 0.2) is 15.0 Å². The molecule has 0 radical (unpaired) electrons. The van der Waals surface area contributed by atoms with Crippen molar-refractivity contribution in [3.8, 4) is 0 Å². The van der Waals surface area contributed by atoms with E-state index in [4.69, 9.17) is 39.8 Å². The van der Waals surface area contributed by atoms with Crippen LogP contribution in [0.1, 0.15) is 5.56 Å². The molecule has 0 amide bonds. The minimum atomic E-state index is -3.11. The predicted molar refractivity (Wildman–Crippen MR) is 115 cm³/mol. The van der Waals surface area contributed by atoms with Gasteiger partial charge in [-0.3, -0.25) is 4.99 Å². The Bertz CT molecular complexity index is 1010. The summed E-state index contributed by atoms with van der Waals surface area (Å²) in [5.41, 5.74) is 1.75. The minimum absolute atomic E-state index is 0.0681. The fraction of sp³-hybridized carbons (Fsp3) is 0.278. The number of fused-ring (bicyclic) bond motifs is 1. The lowest BCUT2D eigenvalue weighted by molar-refractivity contribution is 0.601. The Kier molecular flexibility index (Phi) is 5.38. The molecule has 1 saturated heterocycles. The molecule has 9 heteroatoms. The van der Waals surface area contributed by atoms with E-state index in [1.165, 1.54) is 11.8 Å². The SMILES string of the molecule is O=S1(=O)C[C@@H]2[C@@H](C1)N=C(SCc1ccccc1Cl)N2c1cc(Cl)cc(Cl)c1. The number of aliphatic imine (C=N–C) groups is 1. The zero-order chi connectivity index (χ0) is 19.2. The van der Waals surface area contributed by atoms with E-state index in [1.807, 2.05) is 29.2 Å². The summed E-state index contributed by atoms with van der Waals surface area (Å²) >= 11 is 20.1. The maximum Gasteiger partial charge on any atom is 0.164 e. The van der Waals surface area contributed by atoms with Crippen molar-refractivity contribution >= 4 is 67.3 Å². The highest BCUT2D eigenvalue weighted by molar-refractivity contribution is 8.13. The van der Waals surface area contributed by atoms with Crippen LogP contribution in [0.15, 0.2) is 47.5 Å². The number of amidine groups is 1. The van der Waals surface area contributed by atoms with Gasteiger partial charge in [0.2, 0.25) is 0 Å². The van der Waals surface area contributed by atoms with E-state index in [9.17, 15) is 8.42 Å². The summed E-state index contributed by atoms with van der Waals surface area (Å²) < 4.78 is 24.2. The van der Waals surface area contributed by atoms with Crippen molar-refractivity contribution in [3.05, 3.63) is 63.1 Å². The number of anilines is 1. The van der Waals surface area contributed by atoms with E-state index >= 15 is 0 Å². The molecule has 0 spiro atoms. The Morgan fingerprint density at radius 2 is 1.78 bits per heavy atom. The topological polar surface area (TPSA) is 49.7 Å². The average Bonchev–Trinajstić information content (AvgIpc) is 3.04. The van der Waals surface area contributed by atoms with Gasteiger partial charge < -0.3 is 4.90 Å². The molecule has 4 rings (SSSR count). The molecule has 27 heavy (non-hydrogen) atoms. The van der Waals surface area contributed by atoms with Crippen LogP contribution in [0.3, 0.4) is 0 Å². The van der Waals surface area contributed by atoms with Crippen LogP contribution < -0.4 is 4.90 Å². The van der Waals surface area contributed by atoms with Gasteiger partial charge in [-0.2, -0.15) is 0 Å². The fourth-order valence-electron chi connectivity index (χ4n) is 3.37. The van der Waals surface area contributed by atoms with Crippen LogP contribution in [0.5, 0.6) is 0 Å². The van der Waals surface area contributed by atoms with E-state index in [1.54, 1.807) is 18.2 Å². The first-order chi connectivity index (χ1) is 12.8. The number of sulfone groups is 1. The molecule has 2 aliphatic rings. The molecular formula is C18H15Cl3N2O2S2. The molecule has 0 bridgehead atoms. The Morgan fingerprint density at radius 1 is 1.07 bits per heavy atom. The Balaban J connectivity index is 1.66. The summed E-state index contributed by atoms with van der Waals surface area (Å²) in [5, 5.41) is 2.45. The average molecular weight is 462 g/mol. The Hall–Kier alpha value is -0.920. The highest BCUT2D eigenvalue weighted by Gasteiger charge is 2.47. The van der Waals surface area contributed by atoms with Gasteiger partial charge >= 0.3 is 0 Å². The summed E-state index contributed by atoms with van der Waals surface area (Å²) in [7, 11) is -3.11. The van der Waals surface area contributed by atoms with E-state index in [0.717, 1.165) is 16.4 Å². The Morgan fingerprint density at radius 3 is 2.48 bits per heavy atom. The molecule has 0 aromatic heterocycles. The van der Waals surface area contributed by atoms with Crippen molar-refractivity contribution in [2.24, 2.45) is 4.99 Å². The van der Waals surface area contributed by atoms with Gasteiger partial charge in [0, 0.05) is 26.5 Å². The number of thioether (sulfide) groups is 1. The van der Waals surface area contributed by atoms with Gasteiger partial charge in [-0.1, -0.05) is 64.8 Å². The molecule has 2 aromatic rings. The van der Waals surface area contributed by atoms with E-state index < -0.39 is 9.84 Å². The van der Waals surface area contributed by atoms with Crippen molar-refractivity contribution in [1.29, 1.82) is 0 Å².